The van der Waals surface area contributed by atoms with Crippen molar-refractivity contribution in [3.63, 3.8) is 0 Å². The van der Waals surface area contributed by atoms with E-state index in [9.17, 15) is 4.39 Å². The fraction of sp³-hybridized carbons (Fsp3) is 0.625. The Morgan fingerprint density at radius 1 is 1.26 bits per heavy atom. The lowest BCUT2D eigenvalue weighted by atomic mass is 9.93. The molecule has 3 atom stereocenters. The van der Waals surface area contributed by atoms with Crippen LogP contribution in [0, 0.1) is 5.82 Å². The first-order chi connectivity index (χ1) is 9.19. The molecule has 0 aliphatic heterocycles. The lowest BCUT2D eigenvalue weighted by Gasteiger charge is -2.33. The van der Waals surface area contributed by atoms with Crippen LogP contribution in [0.25, 0.3) is 0 Å². The maximum absolute atomic E-state index is 12.9. The molecule has 1 aromatic carbocycles. The topological polar surface area (TPSA) is 12.0 Å². The lowest BCUT2D eigenvalue weighted by molar-refractivity contribution is 0.352. The Morgan fingerprint density at radius 2 is 1.95 bits per heavy atom. The van der Waals surface area contributed by atoms with Gasteiger partial charge in [-0.15, -0.1) is 0 Å². The molecule has 3 unspecified atom stereocenters. The SMILES string of the molecule is CSC1CCCCC1NC(C)Cc1ccc(F)cc1. The van der Waals surface area contributed by atoms with Gasteiger partial charge >= 0.3 is 0 Å². The zero-order valence-corrected chi connectivity index (χ0v) is 12.7. The first-order valence-electron chi connectivity index (χ1n) is 7.22. The second-order valence-corrected chi connectivity index (χ2v) is 6.64. The normalized spacial score (nSPS) is 25.2. The molecule has 0 amide bonds. The van der Waals surface area contributed by atoms with Gasteiger partial charge < -0.3 is 5.32 Å². The molecular weight excluding hydrogens is 257 g/mol. The Hall–Kier alpha value is -0.540. The van der Waals surface area contributed by atoms with Crippen LogP contribution in [0.1, 0.15) is 38.2 Å². The fourth-order valence-electron chi connectivity index (χ4n) is 2.97. The highest BCUT2D eigenvalue weighted by Crippen LogP contribution is 2.27. The van der Waals surface area contributed by atoms with Gasteiger partial charge in [-0.25, -0.2) is 4.39 Å². The predicted octanol–water partition coefficient (Wildman–Crippen LogP) is 4.02. The molecular formula is C16H24FNS. The fourth-order valence-corrected chi connectivity index (χ4v) is 3.91. The molecule has 106 valence electrons. The molecule has 0 bridgehead atoms. The van der Waals surface area contributed by atoms with E-state index in [1.165, 1.54) is 31.2 Å². The summed E-state index contributed by atoms with van der Waals surface area (Å²) < 4.78 is 12.9. The van der Waals surface area contributed by atoms with Crippen LogP contribution in [-0.2, 0) is 6.42 Å². The van der Waals surface area contributed by atoms with Gasteiger partial charge in [0, 0.05) is 17.3 Å². The van der Waals surface area contributed by atoms with Crippen LogP contribution in [-0.4, -0.2) is 23.6 Å². The molecule has 0 saturated heterocycles. The molecule has 1 aromatic rings. The summed E-state index contributed by atoms with van der Waals surface area (Å²) in [5, 5.41) is 4.52. The van der Waals surface area contributed by atoms with E-state index < -0.39 is 0 Å². The summed E-state index contributed by atoms with van der Waals surface area (Å²) in [7, 11) is 0. The molecule has 0 spiro atoms. The third-order valence-corrected chi connectivity index (χ3v) is 5.13. The smallest absolute Gasteiger partial charge is 0.123 e. The van der Waals surface area contributed by atoms with Crippen LogP contribution in [0.5, 0.6) is 0 Å². The lowest BCUT2D eigenvalue weighted by Crippen LogP contribution is -2.45. The van der Waals surface area contributed by atoms with Gasteiger partial charge in [-0.2, -0.15) is 11.8 Å². The summed E-state index contributed by atoms with van der Waals surface area (Å²) >= 11 is 1.99. The first kappa shape index (κ1) is 14.9. The minimum Gasteiger partial charge on any atom is -0.310 e. The molecule has 0 heterocycles. The van der Waals surface area contributed by atoms with E-state index in [1.807, 2.05) is 23.9 Å². The third kappa shape index (κ3) is 4.50. The average molecular weight is 281 g/mol. The van der Waals surface area contributed by atoms with Crippen LogP contribution in [0.2, 0.25) is 0 Å². The van der Waals surface area contributed by atoms with E-state index in [4.69, 9.17) is 0 Å². The average Bonchev–Trinajstić information content (AvgIpc) is 2.42. The quantitative estimate of drug-likeness (QED) is 0.875. The minimum atomic E-state index is -0.154. The van der Waals surface area contributed by atoms with Crippen LogP contribution < -0.4 is 5.32 Å². The van der Waals surface area contributed by atoms with Crippen molar-refractivity contribution < 1.29 is 4.39 Å². The van der Waals surface area contributed by atoms with E-state index in [-0.39, 0.29) is 5.82 Å². The van der Waals surface area contributed by atoms with Gasteiger partial charge in [0.25, 0.3) is 0 Å². The Balaban J connectivity index is 1.86. The van der Waals surface area contributed by atoms with E-state index in [1.54, 1.807) is 12.1 Å². The number of thioether (sulfide) groups is 1. The first-order valence-corrected chi connectivity index (χ1v) is 8.51. The van der Waals surface area contributed by atoms with Gasteiger partial charge in [-0.1, -0.05) is 25.0 Å². The Labute approximate surface area is 120 Å². The molecule has 1 aliphatic carbocycles. The maximum Gasteiger partial charge on any atom is 0.123 e. The van der Waals surface area contributed by atoms with Crippen LogP contribution in [0.4, 0.5) is 4.39 Å². The Morgan fingerprint density at radius 3 is 2.63 bits per heavy atom. The van der Waals surface area contributed by atoms with Crippen LogP contribution in [0.15, 0.2) is 24.3 Å². The van der Waals surface area contributed by atoms with Crippen LogP contribution in [0.3, 0.4) is 0 Å². The molecule has 1 N–H and O–H groups in total. The van der Waals surface area contributed by atoms with Gasteiger partial charge in [0.15, 0.2) is 0 Å². The molecule has 1 aliphatic rings. The van der Waals surface area contributed by atoms with Crippen molar-refractivity contribution in [3.8, 4) is 0 Å². The monoisotopic (exact) mass is 281 g/mol. The molecule has 3 heteroatoms. The predicted molar refractivity (Wildman–Crippen MR) is 82.3 cm³/mol. The van der Waals surface area contributed by atoms with Gasteiger partial charge in [-0.05, 0) is 50.1 Å². The Kier molecular flexibility index (Phi) is 5.71. The van der Waals surface area contributed by atoms with E-state index >= 15 is 0 Å². The summed E-state index contributed by atoms with van der Waals surface area (Å²) in [4.78, 5) is 0. The summed E-state index contributed by atoms with van der Waals surface area (Å²) in [5.41, 5.74) is 1.21. The van der Waals surface area contributed by atoms with Crippen molar-refractivity contribution in [3.05, 3.63) is 35.6 Å². The van der Waals surface area contributed by atoms with Gasteiger partial charge in [0.1, 0.15) is 5.82 Å². The van der Waals surface area contributed by atoms with Crippen LogP contribution >= 0.6 is 11.8 Å². The second kappa shape index (κ2) is 7.30. The standard InChI is InChI=1S/C16H24FNS/c1-12(11-13-7-9-14(17)10-8-13)18-15-5-3-4-6-16(15)19-2/h7-10,12,15-16,18H,3-6,11H2,1-2H3. The number of nitrogens with one attached hydrogen (secondary N) is 1. The number of halogens is 1. The largest absolute Gasteiger partial charge is 0.310 e. The maximum atomic E-state index is 12.9. The van der Waals surface area contributed by atoms with Gasteiger partial charge in [0.2, 0.25) is 0 Å². The zero-order valence-electron chi connectivity index (χ0n) is 11.9. The summed E-state index contributed by atoms with van der Waals surface area (Å²) in [6.45, 7) is 2.23. The van der Waals surface area contributed by atoms with Crippen molar-refractivity contribution in [1.82, 2.24) is 5.32 Å². The van der Waals surface area contributed by atoms with Crippen molar-refractivity contribution in [2.75, 3.05) is 6.26 Å². The highest BCUT2D eigenvalue weighted by atomic mass is 32.2. The van der Waals surface area contributed by atoms with E-state index in [0.29, 0.717) is 12.1 Å². The molecule has 1 fully saturated rings. The number of hydrogen-bond acceptors (Lipinski definition) is 2. The molecule has 19 heavy (non-hydrogen) atoms. The minimum absolute atomic E-state index is 0.154. The molecule has 1 saturated carbocycles. The number of benzene rings is 1. The summed E-state index contributed by atoms with van der Waals surface area (Å²) in [6.07, 6.45) is 8.53. The zero-order chi connectivity index (χ0) is 13.7. The Bertz CT molecular complexity index is 379. The van der Waals surface area contributed by atoms with Gasteiger partial charge in [0.05, 0.1) is 0 Å². The molecule has 1 nitrogen and oxygen atoms in total. The summed E-state index contributed by atoms with van der Waals surface area (Å²) in [5.74, 6) is -0.154. The third-order valence-electron chi connectivity index (χ3n) is 3.96. The van der Waals surface area contributed by atoms with Crippen molar-refractivity contribution in [1.29, 1.82) is 0 Å². The van der Waals surface area contributed by atoms with Crippen molar-refractivity contribution in [2.45, 2.75) is 56.4 Å². The molecule has 2 rings (SSSR count). The van der Waals surface area contributed by atoms with Crippen molar-refractivity contribution in [2.24, 2.45) is 0 Å². The highest BCUT2D eigenvalue weighted by Gasteiger charge is 2.25. The number of rotatable bonds is 5. The van der Waals surface area contributed by atoms with Gasteiger partial charge in [-0.3, -0.25) is 0 Å². The van der Waals surface area contributed by atoms with E-state index in [2.05, 4.69) is 18.5 Å². The number of hydrogen-bond donors (Lipinski definition) is 1. The summed E-state index contributed by atoms with van der Waals surface area (Å²) in [6, 6.07) is 7.96. The highest BCUT2D eigenvalue weighted by molar-refractivity contribution is 7.99. The molecule has 0 radical (unpaired) electrons. The second-order valence-electron chi connectivity index (χ2n) is 5.56. The van der Waals surface area contributed by atoms with E-state index in [0.717, 1.165) is 11.7 Å². The van der Waals surface area contributed by atoms with Crippen molar-refractivity contribution >= 4 is 11.8 Å². The molecule has 0 aromatic heterocycles.